The van der Waals surface area contributed by atoms with E-state index in [-0.39, 0.29) is 23.8 Å². The summed E-state index contributed by atoms with van der Waals surface area (Å²) >= 11 is 1.75. The van der Waals surface area contributed by atoms with Crippen molar-refractivity contribution in [2.45, 2.75) is 27.7 Å². The van der Waals surface area contributed by atoms with Crippen molar-refractivity contribution in [1.82, 2.24) is 5.32 Å². The Morgan fingerprint density at radius 3 is 0.880 bits per heavy atom. The van der Waals surface area contributed by atoms with Crippen LogP contribution in [0.15, 0.2) is 0 Å². The van der Waals surface area contributed by atoms with Crippen molar-refractivity contribution in [2.75, 3.05) is 48.0 Å². The zero-order chi connectivity index (χ0) is 21.8. The quantitative estimate of drug-likeness (QED) is 0.583. The van der Waals surface area contributed by atoms with Gasteiger partial charge in [0.05, 0.1) is 14.2 Å². The molecule has 0 saturated heterocycles. The van der Waals surface area contributed by atoms with E-state index in [1.165, 1.54) is 41.9 Å². The number of carbonyl (C=O) groups excluding carboxylic acids is 4. The van der Waals surface area contributed by atoms with Crippen LogP contribution in [0.1, 0.15) is 27.7 Å². The number of carbonyl (C=O) groups is 4. The number of thioether (sulfide) groups is 1. The van der Waals surface area contributed by atoms with Crippen molar-refractivity contribution in [3.05, 3.63) is 0 Å². The molecular weight excluding hydrogens is 352 g/mol. The molecule has 0 aromatic carbocycles. The number of hydrogen-bond acceptors (Lipinski definition) is 8. The zero-order valence-electron chi connectivity index (χ0n) is 17.3. The molecule has 10 heteroatoms. The highest BCUT2D eigenvalue weighted by atomic mass is 32.2. The highest BCUT2D eigenvalue weighted by Crippen LogP contribution is 1.70. The van der Waals surface area contributed by atoms with Crippen LogP contribution in [-0.4, -0.2) is 71.8 Å². The van der Waals surface area contributed by atoms with Crippen molar-refractivity contribution >= 4 is 35.5 Å². The maximum absolute atomic E-state index is 9.70. The third kappa shape index (κ3) is 515. The Labute approximate surface area is 156 Å². The molecule has 0 aliphatic carbocycles. The number of nitrogens with one attached hydrogen (secondary N) is 1. The summed E-state index contributed by atoms with van der Waals surface area (Å²) in [5, 5.41) is 2.39. The fraction of sp³-hybridized carbons (Fsp3) is 0.733. The van der Waals surface area contributed by atoms with Crippen LogP contribution in [0.3, 0.4) is 0 Å². The van der Waals surface area contributed by atoms with Crippen molar-refractivity contribution in [3.63, 3.8) is 0 Å². The summed E-state index contributed by atoms with van der Waals surface area (Å²) in [6.45, 7) is 5.50. The molecule has 0 rings (SSSR count). The van der Waals surface area contributed by atoms with Gasteiger partial charge in [-0.2, -0.15) is 11.8 Å². The van der Waals surface area contributed by atoms with E-state index in [0.717, 1.165) is 0 Å². The Balaban J connectivity index is -0.0000000439. The van der Waals surface area contributed by atoms with E-state index >= 15 is 0 Å². The number of rotatable bonds is 0. The predicted molar refractivity (Wildman–Crippen MR) is 102 cm³/mol. The van der Waals surface area contributed by atoms with Crippen molar-refractivity contribution in [1.29, 1.82) is 0 Å². The second kappa shape index (κ2) is 43.2. The molecule has 0 heterocycles. The molecule has 0 spiro atoms. The van der Waals surface area contributed by atoms with Gasteiger partial charge in [-0.1, -0.05) is 0 Å². The van der Waals surface area contributed by atoms with E-state index in [4.69, 9.17) is 0 Å². The first-order valence-electron chi connectivity index (χ1n) is 6.71. The van der Waals surface area contributed by atoms with Gasteiger partial charge in [-0.15, -0.1) is 0 Å². The number of methoxy groups -OCH3 is 3. The number of esters is 2. The van der Waals surface area contributed by atoms with Gasteiger partial charge in [0.2, 0.25) is 11.8 Å². The molecule has 0 fully saturated rings. The molecule has 3 N–H and O–H groups in total. The summed E-state index contributed by atoms with van der Waals surface area (Å²) in [6, 6.07) is 0. The normalized spacial score (nSPS) is 6.52. The van der Waals surface area contributed by atoms with Crippen LogP contribution in [0, 0.1) is 0 Å². The van der Waals surface area contributed by atoms with Gasteiger partial charge in [0.1, 0.15) is 0 Å². The molecule has 0 aromatic heterocycles. The van der Waals surface area contributed by atoms with Crippen LogP contribution in [0.5, 0.6) is 0 Å². The smallest absolute Gasteiger partial charge is 0.302 e. The molecule has 0 bridgehead atoms. The Bertz CT molecular complexity index is 262. The molecule has 0 aliphatic rings. The number of nitrogens with two attached hydrogens (primary N) is 1. The number of hydrogen-bond donors (Lipinski definition) is 2. The van der Waals surface area contributed by atoms with Crippen LogP contribution in [0.4, 0.5) is 0 Å². The van der Waals surface area contributed by atoms with Gasteiger partial charge in [0, 0.05) is 49.0 Å². The molecule has 0 atom stereocenters. The van der Waals surface area contributed by atoms with Crippen LogP contribution in [-0.2, 0) is 33.4 Å². The maximum Gasteiger partial charge on any atom is 0.302 e. The molecule has 0 unspecified atom stereocenters. The summed E-state index contributed by atoms with van der Waals surface area (Å²) < 4.78 is 12.5. The maximum atomic E-state index is 9.70. The van der Waals surface area contributed by atoms with E-state index in [1.54, 1.807) is 33.0 Å². The minimum Gasteiger partial charge on any atom is -0.469 e. The number of amides is 2. The average Bonchev–Trinajstić information content (AvgIpc) is 2.49. The van der Waals surface area contributed by atoms with Crippen LogP contribution in [0.2, 0.25) is 0 Å². The van der Waals surface area contributed by atoms with Gasteiger partial charge >= 0.3 is 11.9 Å². The third-order valence-corrected chi connectivity index (χ3v) is 0.927. The Kier molecular flexibility index (Phi) is 66.7. The number of ether oxygens (including phenoxy) is 3. The fourth-order valence-corrected chi connectivity index (χ4v) is 0. The summed E-state index contributed by atoms with van der Waals surface area (Å²) in [7, 11) is 7.55. The summed E-state index contributed by atoms with van der Waals surface area (Å²) in [5.74, 6) is -0.819. The molecule has 0 aliphatic heterocycles. The average molecular weight is 389 g/mol. The first-order valence-corrected chi connectivity index (χ1v) is 8.35. The largest absolute Gasteiger partial charge is 0.469 e. The lowest BCUT2D eigenvalue weighted by atomic mass is 10.7. The molecule has 154 valence electrons. The predicted octanol–water partition coefficient (Wildman–Crippen LogP) is 0.844. The lowest BCUT2D eigenvalue weighted by molar-refractivity contribution is -0.138. The first kappa shape index (κ1) is 38.6. The van der Waals surface area contributed by atoms with Gasteiger partial charge in [0.25, 0.3) is 0 Å². The molecular formula is C15H36N2O7S. The number of primary amides is 1. The van der Waals surface area contributed by atoms with Gasteiger partial charge in [-0.25, -0.2) is 0 Å². The van der Waals surface area contributed by atoms with Crippen molar-refractivity contribution in [3.8, 4) is 0 Å². The highest BCUT2D eigenvalue weighted by Gasteiger charge is 1.76. The van der Waals surface area contributed by atoms with Crippen LogP contribution >= 0.6 is 11.8 Å². The second-order valence-electron chi connectivity index (χ2n) is 3.62. The zero-order valence-corrected chi connectivity index (χ0v) is 18.2. The topological polar surface area (TPSA) is 134 Å². The highest BCUT2D eigenvalue weighted by molar-refractivity contribution is 7.97. The van der Waals surface area contributed by atoms with Gasteiger partial charge in [-0.3, -0.25) is 19.2 Å². The van der Waals surface area contributed by atoms with Crippen molar-refractivity contribution in [2.24, 2.45) is 5.73 Å². The lowest BCUT2D eigenvalue weighted by Crippen LogP contribution is -2.11. The molecule has 0 radical (unpaired) electrons. The van der Waals surface area contributed by atoms with E-state index in [0.29, 0.717) is 0 Å². The summed E-state index contributed by atoms with van der Waals surface area (Å²) in [6.07, 6.45) is 4.08. The Hall–Kier alpha value is -1.81. The minimum absolute atomic E-state index is 0.00463. The molecule has 0 aromatic rings. The van der Waals surface area contributed by atoms with E-state index < -0.39 is 0 Å². The van der Waals surface area contributed by atoms with E-state index in [1.807, 2.05) is 12.5 Å². The SMILES string of the molecule is CC(N)=O.CNC(C)=O.COC.COC(C)=O.COC(C)=O.CSC. The monoisotopic (exact) mass is 388 g/mol. The van der Waals surface area contributed by atoms with E-state index in [2.05, 4.69) is 25.3 Å². The van der Waals surface area contributed by atoms with Gasteiger partial charge in [-0.05, 0) is 12.5 Å². The summed E-state index contributed by atoms with van der Waals surface area (Å²) in [4.78, 5) is 38.1. The standard InChI is InChI=1S/C3H7NO.2C3H6O2.C2H5NO.C2H6O.C2H6S/c1-3(5)4-2;2*1-3(4)5-2;1-2(3)4;2*1-3-2/h1-2H3,(H,4,5);2*1-2H3;1H3,(H2,3,4);2*1-2H3. The van der Waals surface area contributed by atoms with Crippen LogP contribution in [0.25, 0.3) is 0 Å². The lowest BCUT2D eigenvalue weighted by Gasteiger charge is -1.80. The fourth-order valence-electron chi connectivity index (χ4n) is 0. The minimum atomic E-state index is -0.333. The van der Waals surface area contributed by atoms with Gasteiger partial charge in [0.15, 0.2) is 0 Å². The summed E-state index contributed by atoms with van der Waals surface area (Å²) in [5.41, 5.74) is 4.47. The van der Waals surface area contributed by atoms with Crippen LogP contribution < -0.4 is 11.1 Å². The molecule has 25 heavy (non-hydrogen) atoms. The molecule has 0 saturated carbocycles. The Morgan fingerprint density at radius 1 is 0.800 bits per heavy atom. The van der Waals surface area contributed by atoms with Crippen molar-refractivity contribution < 1.29 is 33.4 Å². The van der Waals surface area contributed by atoms with Gasteiger partial charge < -0.3 is 25.3 Å². The third-order valence-electron chi connectivity index (χ3n) is 0.927. The second-order valence-corrected chi connectivity index (χ2v) is 4.44. The molecule has 9 nitrogen and oxygen atoms in total. The molecule has 2 amide bonds. The Morgan fingerprint density at radius 2 is 0.880 bits per heavy atom. The van der Waals surface area contributed by atoms with E-state index in [9.17, 15) is 19.2 Å². The first-order chi connectivity index (χ1) is 11.4.